The van der Waals surface area contributed by atoms with Crippen LogP contribution in [-0.2, 0) is 11.3 Å². The van der Waals surface area contributed by atoms with E-state index >= 15 is 0 Å². The number of carbonyl (C=O) groups excluding carboxylic acids is 1. The van der Waals surface area contributed by atoms with Crippen molar-refractivity contribution in [2.45, 2.75) is 38.0 Å². The van der Waals surface area contributed by atoms with Gasteiger partial charge in [-0.2, -0.15) is 0 Å². The van der Waals surface area contributed by atoms with E-state index in [9.17, 15) is 4.79 Å². The van der Waals surface area contributed by atoms with E-state index < -0.39 is 0 Å². The van der Waals surface area contributed by atoms with Crippen LogP contribution in [0, 0.1) is 0 Å². The van der Waals surface area contributed by atoms with Crippen LogP contribution in [0.15, 0.2) is 90.1 Å². The maximum absolute atomic E-state index is 13.3. The van der Waals surface area contributed by atoms with Crippen molar-refractivity contribution in [3.05, 3.63) is 90.5 Å². The van der Waals surface area contributed by atoms with Gasteiger partial charge in [0.15, 0.2) is 5.16 Å². The molecule has 1 amide bonds. The van der Waals surface area contributed by atoms with Crippen molar-refractivity contribution < 1.29 is 4.79 Å². The molecule has 0 spiro atoms. The number of amides is 1. The van der Waals surface area contributed by atoms with E-state index in [1.54, 1.807) is 0 Å². The SMILES string of the molecule is CC(C)(C)N(Cc1ccccc1)C(=O)CSc1nc2ccccc2n1-c1ccccc1. The number of nitrogens with zero attached hydrogens (tertiary/aromatic N) is 3. The van der Waals surface area contributed by atoms with Gasteiger partial charge in [-0.05, 0) is 50.6 Å². The summed E-state index contributed by atoms with van der Waals surface area (Å²) in [7, 11) is 0. The molecule has 3 aromatic carbocycles. The van der Waals surface area contributed by atoms with Gasteiger partial charge in [0.2, 0.25) is 5.91 Å². The molecule has 0 radical (unpaired) electrons. The highest BCUT2D eigenvalue weighted by Crippen LogP contribution is 2.29. The fourth-order valence-electron chi connectivity index (χ4n) is 3.60. The molecular weight excluding hydrogens is 402 g/mol. The Morgan fingerprint density at radius 2 is 1.52 bits per heavy atom. The third-order valence-corrected chi connectivity index (χ3v) is 6.09. The van der Waals surface area contributed by atoms with Crippen molar-refractivity contribution in [3.8, 4) is 5.69 Å². The Balaban J connectivity index is 1.60. The molecule has 4 aromatic rings. The van der Waals surface area contributed by atoms with Crippen molar-refractivity contribution >= 4 is 28.7 Å². The van der Waals surface area contributed by atoms with Gasteiger partial charge in [-0.1, -0.05) is 72.4 Å². The fraction of sp³-hybridized carbons (Fsp3) is 0.231. The van der Waals surface area contributed by atoms with Crippen LogP contribution in [0.4, 0.5) is 0 Å². The minimum atomic E-state index is -0.271. The van der Waals surface area contributed by atoms with Crippen LogP contribution < -0.4 is 0 Å². The summed E-state index contributed by atoms with van der Waals surface area (Å²) in [5.74, 6) is 0.438. The Morgan fingerprint density at radius 1 is 0.903 bits per heavy atom. The second kappa shape index (κ2) is 8.98. The maximum Gasteiger partial charge on any atom is 0.233 e. The lowest BCUT2D eigenvalue weighted by atomic mass is 10.0. The Hall–Kier alpha value is -3.05. The zero-order chi connectivity index (χ0) is 21.8. The molecule has 158 valence electrons. The number of fused-ring (bicyclic) bond motifs is 1. The lowest BCUT2D eigenvalue weighted by molar-refractivity contribution is -0.133. The number of thioether (sulfide) groups is 1. The molecule has 0 aliphatic rings. The number of para-hydroxylation sites is 3. The van der Waals surface area contributed by atoms with Crippen molar-refractivity contribution in [1.29, 1.82) is 0 Å². The predicted octanol–water partition coefficient (Wildman–Crippen LogP) is 5.94. The van der Waals surface area contributed by atoms with E-state index in [1.165, 1.54) is 11.8 Å². The first-order valence-electron chi connectivity index (χ1n) is 10.4. The largest absolute Gasteiger partial charge is 0.333 e. The van der Waals surface area contributed by atoms with Gasteiger partial charge < -0.3 is 4.90 Å². The lowest BCUT2D eigenvalue weighted by Gasteiger charge is -2.36. The summed E-state index contributed by atoms with van der Waals surface area (Å²) in [5, 5.41) is 0.828. The van der Waals surface area contributed by atoms with Gasteiger partial charge in [-0.15, -0.1) is 0 Å². The first-order valence-corrected chi connectivity index (χ1v) is 11.4. The summed E-state index contributed by atoms with van der Waals surface area (Å²) in [6.45, 7) is 6.84. The minimum absolute atomic E-state index is 0.105. The highest BCUT2D eigenvalue weighted by Gasteiger charge is 2.27. The third-order valence-electron chi connectivity index (χ3n) is 5.16. The fourth-order valence-corrected chi connectivity index (χ4v) is 4.50. The molecule has 0 aliphatic carbocycles. The molecule has 0 fully saturated rings. The van der Waals surface area contributed by atoms with Crippen LogP contribution in [-0.4, -0.2) is 31.6 Å². The number of rotatable bonds is 6. The molecule has 0 N–H and O–H groups in total. The van der Waals surface area contributed by atoms with Crippen molar-refractivity contribution in [3.63, 3.8) is 0 Å². The third kappa shape index (κ3) is 4.83. The Kier molecular flexibility index (Phi) is 6.14. The molecule has 4 nitrogen and oxygen atoms in total. The number of benzene rings is 3. The van der Waals surface area contributed by atoms with Gasteiger partial charge in [-0.3, -0.25) is 9.36 Å². The second-order valence-electron chi connectivity index (χ2n) is 8.48. The minimum Gasteiger partial charge on any atom is -0.333 e. The quantitative estimate of drug-likeness (QED) is 0.356. The van der Waals surface area contributed by atoms with E-state index in [4.69, 9.17) is 4.98 Å². The molecule has 5 heteroatoms. The van der Waals surface area contributed by atoms with E-state index in [0.29, 0.717) is 12.3 Å². The van der Waals surface area contributed by atoms with Crippen LogP contribution in [0.5, 0.6) is 0 Å². The van der Waals surface area contributed by atoms with Crippen molar-refractivity contribution in [2.24, 2.45) is 0 Å². The number of hydrogen-bond donors (Lipinski definition) is 0. The van der Waals surface area contributed by atoms with Gasteiger partial charge in [0.1, 0.15) is 0 Å². The van der Waals surface area contributed by atoms with Gasteiger partial charge in [0, 0.05) is 17.8 Å². The maximum atomic E-state index is 13.3. The molecule has 0 unspecified atom stereocenters. The van der Waals surface area contributed by atoms with E-state index in [2.05, 4.69) is 55.7 Å². The number of imidazole rings is 1. The zero-order valence-corrected chi connectivity index (χ0v) is 19.0. The summed E-state index contributed by atoms with van der Waals surface area (Å²) in [6, 6.07) is 28.4. The van der Waals surface area contributed by atoms with Gasteiger partial charge in [0.05, 0.1) is 16.8 Å². The van der Waals surface area contributed by atoms with Crippen molar-refractivity contribution in [2.75, 3.05) is 5.75 Å². The number of aromatic nitrogens is 2. The Bertz CT molecular complexity index is 1160. The molecular formula is C26H27N3OS. The van der Waals surface area contributed by atoms with Crippen LogP contribution in [0.2, 0.25) is 0 Å². The molecule has 1 aromatic heterocycles. The van der Waals surface area contributed by atoms with Crippen LogP contribution in [0.25, 0.3) is 16.7 Å². The van der Waals surface area contributed by atoms with Crippen LogP contribution >= 0.6 is 11.8 Å². The summed E-state index contributed by atoms with van der Waals surface area (Å²) in [4.78, 5) is 20.1. The molecule has 4 rings (SSSR count). The topological polar surface area (TPSA) is 38.1 Å². The normalized spacial score (nSPS) is 11.6. The summed E-state index contributed by atoms with van der Waals surface area (Å²) in [6.07, 6.45) is 0. The van der Waals surface area contributed by atoms with Gasteiger partial charge in [0.25, 0.3) is 0 Å². The van der Waals surface area contributed by atoms with E-state index in [1.807, 2.05) is 59.5 Å². The summed E-state index contributed by atoms with van der Waals surface area (Å²) >= 11 is 1.49. The summed E-state index contributed by atoms with van der Waals surface area (Å²) < 4.78 is 2.13. The monoisotopic (exact) mass is 429 g/mol. The Labute approximate surface area is 187 Å². The molecule has 31 heavy (non-hydrogen) atoms. The zero-order valence-electron chi connectivity index (χ0n) is 18.2. The molecule has 0 saturated heterocycles. The second-order valence-corrected chi connectivity index (χ2v) is 9.42. The lowest BCUT2D eigenvalue weighted by Crippen LogP contribution is -2.45. The van der Waals surface area contributed by atoms with E-state index in [-0.39, 0.29) is 11.4 Å². The molecule has 0 atom stereocenters. The highest BCUT2D eigenvalue weighted by atomic mass is 32.2. The molecule has 0 aliphatic heterocycles. The number of hydrogen-bond acceptors (Lipinski definition) is 3. The smallest absolute Gasteiger partial charge is 0.233 e. The predicted molar refractivity (Wildman–Crippen MR) is 129 cm³/mol. The molecule has 0 bridgehead atoms. The van der Waals surface area contributed by atoms with Gasteiger partial charge >= 0.3 is 0 Å². The average molecular weight is 430 g/mol. The highest BCUT2D eigenvalue weighted by molar-refractivity contribution is 7.99. The van der Waals surface area contributed by atoms with Crippen LogP contribution in [0.3, 0.4) is 0 Å². The van der Waals surface area contributed by atoms with Crippen molar-refractivity contribution in [1.82, 2.24) is 14.5 Å². The van der Waals surface area contributed by atoms with E-state index in [0.717, 1.165) is 27.4 Å². The average Bonchev–Trinajstić information content (AvgIpc) is 3.15. The first kappa shape index (κ1) is 21.2. The molecule has 1 heterocycles. The van der Waals surface area contributed by atoms with Gasteiger partial charge in [-0.25, -0.2) is 4.98 Å². The summed E-state index contributed by atoms with van der Waals surface area (Å²) in [5.41, 5.74) is 3.88. The van der Waals surface area contributed by atoms with Crippen LogP contribution in [0.1, 0.15) is 26.3 Å². The first-order chi connectivity index (χ1) is 14.9. The molecule has 0 saturated carbocycles. The number of carbonyl (C=O) groups is 1. The standard InChI is InChI=1S/C26H27N3OS/c1-26(2,3)28(18-20-12-6-4-7-13-20)24(30)19-31-25-27-22-16-10-11-17-23(22)29(25)21-14-8-5-9-15-21/h4-17H,18-19H2,1-3H3. The Morgan fingerprint density at radius 3 is 2.19 bits per heavy atom.